The van der Waals surface area contributed by atoms with Crippen LogP contribution >= 0.6 is 0 Å². The Hall–Kier alpha value is -2.01. The van der Waals surface area contributed by atoms with Crippen LogP contribution in [0.15, 0.2) is 24.3 Å². The molecule has 1 aromatic heterocycles. The molecular weight excluding hydrogens is 223 g/mol. The van der Waals surface area contributed by atoms with Crippen LogP contribution in [0.4, 0.5) is 4.39 Å². The van der Waals surface area contributed by atoms with Gasteiger partial charge >= 0.3 is 5.97 Å². The van der Waals surface area contributed by atoms with Gasteiger partial charge in [0, 0.05) is 17.5 Å². The molecule has 0 aliphatic heterocycles. The third-order valence-corrected chi connectivity index (χ3v) is 2.47. The van der Waals surface area contributed by atoms with Crippen molar-refractivity contribution in [2.24, 2.45) is 5.73 Å². The third-order valence-electron chi connectivity index (χ3n) is 2.47. The highest BCUT2D eigenvalue weighted by atomic mass is 19.1. The van der Waals surface area contributed by atoms with E-state index in [1.54, 1.807) is 6.07 Å². The molecule has 3 N–H and O–H groups in total. The molecule has 0 aliphatic carbocycles. The summed E-state index contributed by atoms with van der Waals surface area (Å²) in [6.45, 7) is 0.339. The predicted octanol–water partition coefficient (Wildman–Crippen LogP) is 1.57. The van der Waals surface area contributed by atoms with E-state index in [-0.39, 0.29) is 11.1 Å². The van der Waals surface area contributed by atoms with Crippen LogP contribution in [0.3, 0.4) is 0 Å². The molecule has 0 saturated heterocycles. The highest BCUT2D eigenvalue weighted by Gasteiger charge is 2.13. The summed E-state index contributed by atoms with van der Waals surface area (Å²) in [7, 11) is 0. The maximum atomic E-state index is 13.6. The summed E-state index contributed by atoms with van der Waals surface area (Å²) in [6.07, 6.45) is 0.421. The SMILES string of the molecule is NCCc1cc(C(=O)O)c2cccc(F)c2n1. The van der Waals surface area contributed by atoms with Crippen molar-refractivity contribution >= 4 is 16.9 Å². The summed E-state index contributed by atoms with van der Waals surface area (Å²) in [5, 5.41) is 9.39. The van der Waals surface area contributed by atoms with E-state index in [0.29, 0.717) is 24.0 Å². The Bertz CT molecular complexity index is 584. The Morgan fingerprint density at radius 1 is 1.47 bits per heavy atom. The number of nitrogens with two attached hydrogens (primary N) is 1. The molecule has 0 atom stereocenters. The van der Waals surface area contributed by atoms with Crippen molar-refractivity contribution in [1.82, 2.24) is 4.98 Å². The number of para-hydroxylation sites is 1. The van der Waals surface area contributed by atoms with Crippen LogP contribution in [0.5, 0.6) is 0 Å². The van der Waals surface area contributed by atoms with Crippen molar-refractivity contribution in [3.63, 3.8) is 0 Å². The molecule has 0 spiro atoms. The minimum absolute atomic E-state index is 0.0537. The number of carboxylic acids is 1. The molecule has 5 heteroatoms. The lowest BCUT2D eigenvalue weighted by molar-refractivity contribution is 0.0699. The van der Waals surface area contributed by atoms with Gasteiger partial charge in [0.15, 0.2) is 0 Å². The molecule has 88 valence electrons. The average Bonchev–Trinajstić information content (AvgIpc) is 2.29. The van der Waals surface area contributed by atoms with Crippen LogP contribution in [0.25, 0.3) is 10.9 Å². The Morgan fingerprint density at radius 3 is 2.88 bits per heavy atom. The lowest BCUT2D eigenvalue weighted by Crippen LogP contribution is -2.08. The zero-order valence-corrected chi connectivity index (χ0v) is 8.98. The normalized spacial score (nSPS) is 10.7. The van der Waals surface area contributed by atoms with E-state index >= 15 is 0 Å². The van der Waals surface area contributed by atoms with Crippen LogP contribution in [0.2, 0.25) is 0 Å². The zero-order chi connectivity index (χ0) is 12.4. The first-order valence-electron chi connectivity index (χ1n) is 5.15. The third kappa shape index (κ3) is 2.09. The predicted molar refractivity (Wildman–Crippen MR) is 61.4 cm³/mol. The van der Waals surface area contributed by atoms with Crippen LogP contribution in [-0.2, 0) is 6.42 Å². The summed E-state index contributed by atoms with van der Waals surface area (Å²) >= 11 is 0. The summed E-state index contributed by atoms with van der Waals surface area (Å²) in [5.74, 6) is -1.62. The zero-order valence-electron chi connectivity index (χ0n) is 8.98. The van der Waals surface area contributed by atoms with Crippen LogP contribution in [0.1, 0.15) is 16.1 Å². The van der Waals surface area contributed by atoms with Crippen LogP contribution < -0.4 is 5.73 Å². The first kappa shape index (κ1) is 11.5. The number of rotatable bonds is 3. The van der Waals surface area contributed by atoms with Gasteiger partial charge in [0.05, 0.1) is 5.56 Å². The second kappa shape index (κ2) is 4.47. The first-order valence-corrected chi connectivity index (χ1v) is 5.15. The minimum atomic E-state index is -1.10. The van der Waals surface area contributed by atoms with Gasteiger partial charge in [-0.2, -0.15) is 0 Å². The first-order chi connectivity index (χ1) is 8.13. The number of fused-ring (bicyclic) bond motifs is 1. The van der Waals surface area contributed by atoms with Crippen molar-refractivity contribution < 1.29 is 14.3 Å². The van der Waals surface area contributed by atoms with Crippen LogP contribution in [-0.4, -0.2) is 22.6 Å². The standard InChI is InChI=1S/C12H11FN2O2/c13-10-3-1-2-8-9(12(16)17)6-7(4-5-14)15-11(8)10/h1-3,6H,4-5,14H2,(H,16,17). The molecule has 0 bridgehead atoms. The monoisotopic (exact) mass is 234 g/mol. The van der Waals surface area contributed by atoms with Crippen molar-refractivity contribution in [3.8, 4) is 0 Å². The highest BCUT2D eigenvalue weighted by molar-refractivity contribution is 6.02. The summed E-state index contributed by atoms with van der Waals surface area (Å²) in [6, 6.07) is 5.71. The van der Waals surface area contributed by atoms with Gasteiger partial charge in [-0.25, -0.2) is 14.2 Å². The van der Waals surface area contributed by atoms with E-state index in [4.69, 9.17) is 10.8 Å². The van der Waals surface area contributed by atoms with Crippen LogP contribution in [0, 0.1) is 5.82 Å². The number of pyridine rings is 1. The smallest absolute Gasteiger partial charge is 0.336 e. The lowest BCUT2D eigenvalue weighted by Gasteiger charge is -2.06. The molecule has 0 aliphatic rings. The number of hydrogen-bond donors (Lipinski definition) is 2. The molecule has 0 amide bonds. The minimum Gasteiger partial charge on any atom is -0.478 e. The largest absolute Gasteiger partial charge is 0.478 e. The summed E-state index contributed by atoms with van der Waals surface area (Å²) in [5.41, 5.74) is 6.01. The number of halogens is 1. The van der Waals surface area contributed by atoms with E-state index in [0.717, 1.165) is 0 Å². The van der Waals surface area contributed by atoms with Crippen molar-refractivity contribution in [2.45, 2.75) is 6.42 Å². The quantitative estimate of drug-likeness (QED) is 0.845. The van der Waals surface area contributed by atoms with Crippen molar-refractivity contribution in [1.29, 1.82) is 0 Å². The van der Waals surface area contributed by atoms with E-state index in [1.165, 1.54) is 18.2 Å². The average molecular weight is 234 g/mol. The van der Waals surface area contributed by atoms with Gasteiger partial charge in [-0.3, -0.25) is 0 Å². The fourth-order valence-corrected chi connectivity index (χ4v) is 1.72. The number of carboxylic acid groups (broad SMARTS) is 1. The molecule has 0 saturated carbocycles. The number of hydrogen-bond acceptors (Lipinski definition) is 3. The molecule has 0 fully saturated rings. The van der Waals surface area contributed by atoms with Gasteiger partial charge in [0.2, 0.25) is 0 Å². The van der Waals surface area contributed by atoms with Crippen molar-refractivity contribution in [3.05, 3.63) is 41.3 Å². The molecular formula is C12H11FN2O2. The summed E-state index contributed by atoms with van der Waals surface area (Å²) < 4.78 is 13.6. The van der Waals surface area contributed by atoms with Gasteiger partial charge in [-0.15, -0.1) is 0 Å². The van der Waals surface area contributed by atoms with E-state index < -0.39 is 11.8 Å². The maximum absolute atomic E-state index is 13.6. The Kier molecular flexibility index (Phi) is 3.01. The number of aromatic carboxylic acids is 1. The fraction of sp³-hybridized carbons (Fsp3) is 0.167. The van der Waals surface area contributed by atoms with Gasteiger partial charge in [-0.05, 0) is 18.7 Å². The summed E-state index contributed by atoms with van der Waals surface area (Å²) in [4.78, 5) is 15.2. The Balaban J connectivity index is 2.76. The molecule has 0 unspecified atom stereocenters. The van der Waals surface area contributed by atoms with Gasteiger partial charge in [0.25, 0.3) is 0 Å². The van der Waals surface area contributed by atoms with Gasteiger partial charge in [-0.1, -0.05) is 12.1 Å². The number of nitrogens with zero attached hydrogens (tertiary/aromatic N) is 1. The molecule has 2 rings (SSSR count). The fourth-order valence-electron chi connectivity index (χ4n) is 1.72. The number of benzene rings is 1. The molecule has 17 heavy (non-hydrogen) atoms. The second-order valence-electron chi connectivity index (χ2n) is 3.64. The van der Waals surface area contributed by atoms with E-state index in [2.05, 4.69) is 4.98 Å². The van der Waals surface area contributed by atoms with Crippen molar-refractivity contribution in [2.75, 3.05) is 6.54 Å². The Morgan fingerprint density at radius 2 is 2.24 bits per heavy atom. The molecule has 0 radical (unpaired) electrons. The highest BCUT2D eigenvalue weighted by Crippen LogP contribution is 2.21. The Labute approximate surface area is 96.9 Å². The lowest BCUT2D eigenvalue weighted by atomic mass is 10.1. The number of carbonyl (C=O) groups is 1. The van der Waals surface area contributed by atoms with Gasteiger partial charge in [0.1, 0.15) is 11.3 Å². The number of aromatic nitrogens is 1. The van der Waals surface area contributed by atoms with Gasteiger partial charge < -0.3 is 10.8 Å². The maximum Gasteiger partial charge on any atom is 0.336 e. The van der Waals surface area contributed by atoms with E-state index in [9.17, 15) is 9.18 Å². The molecule has 4 nitrogen and oxygen atoms in total. The molecule has 1 heterocycles. The second-order valence-corrected chi connectivity index (χ2v) is 3.64. The topological polar surface area (TPSA) is 76.2 Å². The molecule has 2 aromatic rings. The van der Waals surface area contributed by atoms with E-state index in [1.807, 2.05) is 0 Å². The molecule has 1 aromatic carbocycles.